The predicted octanol–water partition coefficient (Wildman–Crippen LogP) is 0.589. The molecule has 0 bridgehead atoms. The van der Waals surface area contributed by atoms with Crippen molar-refractivity contribution in [3.8, 4) is 0 Å². The lowest BCUT2D eigenvalue weighted by Crippen LogP contribution is -2.51. The van der Waals surface area contributed by atoms with Crippen molar-refractivity contribution < 1.29 is 9.53 Å². The lowest BCUT2D eigenvalue weighted by Gasteiger charge is -2.36. The van der Waals surface area contributed by atoms with Gasteiger partial charge in [-0.15, -0.1) is 0 Å². The van der Waals surface area contributed by atoms with Gasteiger partial charge in [-0.3, -0.25) is 0 Å². The molecule has 0 spiro atoms. The molecule has 1 aliphatic heterocycles. The highest BCUT2D eigenvalue weighted by molar-refractivity contribution is 5.93. The van der Waals surface area contributed by atoms with Gasteiger partial charge in [0.2, 0.25) is 5.95 Å². The van der Waals surface area contributed by atoms with E-state index < -0.39 is 5.97 Å². The summed E-state index contributed by atoms with van der Waals surface area (Å²) < 4.78 is 4.97. The Morgan fingerprint density at radius 1 is 1.36 bits per heavy atom. The van der Waals surface area contributed by atoms with Crippen molar-refractivity contribution in [2.45, 2.75) is 6.92 Å². The number of hydrazine groups is 1. The van der Waals surface area contributed by atoms with E-state index in [0.29, 0.717) is 11.8 Å². The minimum atomic E-state index is -0.530. The first-order valence-corrected chi connectivity index (χ1v) is 8.17. The van der Waals surface area contributed by atoms with Crippen molar-refractivity contribution in [2.75, 3.05) is 43.5 Å². The van der Waals surface area contributed by atoms with Crippen LogP contribution in [0.3, 0.4) is 0 Å². The first-order valence-electron chi connectivity index (χ1n) is 8.17. The van der Waals surface area contributed by atoms with Crippen LogP contribution in [0.2, 0.25) is 0 Å². The lowest BCUT2D eigenvalue weighted by atomic mass is 10.3. The summed E-state index contributed by atoms with van der Waals surface area (Å²) >= 11 is 0. The maximum atomic E-state index is 11.9. The molecule has 3 heterocycles. The van der Waals surface area contributed by atoms with Gasteiger partial charge < -0.3 is 15.8 Å². The molecule has 25 heavy (non-hydrogen) atoms. The van der Waals surface area contributed by atoms with E-state index in [9.17, 15) is 4.79 Å². The molecule has 0 aliphatic carbocycles. The molecule has 9 nitrogen and oxygen atoms in total. The zero-order chi connectivity index (χ0) is 17.6. The number of pyridine rings is 1. The summed E-state index contributed by atoms with van der Waals surface area (Å²) in [5.41, 5.74) is 6.13. The number of nitrogens with one attached hydrogen (secondary N) is 1. The van der Waals surface area contributed by atoms with Gasteiger partial charge in [0, 0.05) is 38.6 Å². The number of esters is 1. The molecular formula is C16H21N7O2. The number of nitrogen functional groups attached to an aromatic ring is 1. The molecule has 0 radical (unpaired) electrons. The monoisotopic (exact) mass is 343 g/mol. The SMILES string of the molecule is CCOC(=O)c1cnc(N(c2ccccn2)N2CCNCC2)nc1N. The van der Waals surface area contributed by atoms with Gasteiger partial charge in [0.25, 0.3) is 0 Å². The first-order chi connectivity index (χ1) is 12.2. The molecule has 0 aromatic carbocycles. The number of aromatic nitrogens is 3. The average Bonchev–Trinajstić information content (AvgIpc) is 2.64. The fourth-order valence-corrected chi connectivity index (χ4v) is 2.56. The molecule has 9 heteroatoms. The highest BCUT2D eigenvalue weighted by atomic mass is 16.5. The van der Waals surface area contributed by atoms with Crippen molar-refractivity contribution in [3.63, 3.8) is 0 Å². The van der Waals surface area contributed by atoms with Gasteiger partial charge in [-0.1, -0.05) is 6.07 Å². The maximum absolute atomic E-state index is 11.9. The molecule has 132 valence electrons. The van der Waals surface area contributed by atoms with E-state index in [2.05, 4.69) is 25.3 Å². The van der Waals surface area contributed by atoms with Gasteiger partial charge >= 0.3 is 5.97 Å². The topological polar surface area (TPSA) is 110 Å². The van der Waals surface area contributed by atoms with Crippen molar-refractivity contribution in [1.82, 2.24) is 25.3 Å². The molecule has 2 aromatic heterocycles. The summed E-state index contributed by atoms with van der Waals surface area (Å²) in [5, 5.41) is 7.23. The van der Waals surface area contributed by atoms with E-state index in [1.54, 1.807) is 13.1 Å². The molecule has 3 rings (SSSR count). The van der Waals surface area contributed by atoms with Crippen LogP contribution in [-0.2, 0) is 4.74 Å². The number of rotatable bonds is 5. The van der Waals surface area contributed by atoms with Crippen LogP contribution in [0.4, 0.5) is 17.6 Å². The summed E-state index contributed by atoms with van der Waals surface area (Å²) in [7, 11) is 0. The van der Waals surface area contributed by atoms with Gasteiger partial charge in [0.05, 0.1) is 6.61 Å². The quantitative estimate of drug-likeness (QED) is 0.754. The minimum Gasteiger partial charge on any atom is -0.462 e. The van der Waals surface area contributed by atoms with Gasteiger partial charge in [-0.25, -0.2) is 24.8 Å². The molecule has 1 aliphatic rings. The van der Waals surface area contributed by atoms with Crippen LogP contribution in [-0.4, -0.2) is 58.7 Å². The highest BCUT2D eigenvalue weighted by Crippen LogP contribution is 2.24. The fourth-order valence-electron chi connectivity index (χ4n) is 2.56. The minimum absolute atomic E-state index is 0.0829. The Balaban J connectivity index is 1.96. The normalized spacial score (nSPS) is 14.9. The van der Waals surface area contributed by atoms with Gasteiger partial charge in [-0.2, -0.15) is 4.98 Å². The number of carbonyl (C=O) groups excluding carboxylic acids is 1. The molecule has 0 unspecified atom stereocenters. The fraction of sp³-hybridized carbons (Fsp3) is 0.375. The van der Waals surface area contributed by atoms with Crippen LogP contribution in [0.1, 0.15) is 17.3 Å². The molecule has 1 saturated heterocycles. The third kappa shape index (κ3) is 3.83. The van der Waals surface area contributed by atoms with Crippen LogP contribution in [0.25, 0.3) is 0 Å². The van der Waals surface area contributed by atoms with E-state index in [0.717, 1.165) is 26.2 Å². The van der Waals surface area contributed by atoms with E-state index in [1.165, 1.54) is 6.20 Å². The second-order valence-electron chi connectivity index (χ2n) is 5.39. The summed E-state index contributed by atoms with van der Waals surface area (Å²) in [6.07, 6.45) is 3.11. The Hall–Kier alpha value is -2.78. The second kappa shape index (κ2) is 7.86. The third-order valence-corrected chi connectivity index (χ3v) is 3.73. The average molecular weight is 343 g/mol. The summed E-state index contributed by atoms with van der Waals surface area (Å²) in [5.74, 6) is 0.608. The Bertz CT molecular complexity index is 720. The first kappa shape index (κ1) is 17.1. The number of carbonyl (C=O) groups is 1. The Morgan fingerprint density at radius 3 is 2.80 bits per heavy atom. The van der Waals surface area contributed by atoms with Crippen molar-refractivity contribution in [1.29, 1.82) is 0 Å². The number of piperazine rings is 1. The van der Waals surface area contributed by atoms with Crippen LogP contribution in [0.5, 0.6) is 0 Å². The van der Waals surface area contributed by atoms with Crippen molar-refractivity contribution in [3.05, 3.63) is 36.2 Å². The van der Waals surface area contributed by atoms with Crippen LogP contribution < -0.4 is 16.1 Å². The number of nitrogens with two attached hydrogens (primary N) is 1. The summed E-state index contributed by atoms with van der Waals surface area (Å²) in [6, 6.07) is 5.62. The Kier molecular flexibility index (Phi) is 5.36. The zero-order valence-corrected chi connectivity index (χ0v) is 14.1. The van der Waals surface area contributed by atoms with Crippen LogP contribution in [0, 0.1) is 0 Å². The third-order valence-electron chi connectivity index (χ3n) is 3.73. The highest BCUT2D eigenvalue weighted by Gasteiger charge is 2.25. The van der Waals surface area contributed by atoms with E-state index in [1.807, 2.05) is 23.2 Å². The number of nitrogens with zero attached hydrogens (tertiary/aromatic N) is 5. The second-order valence-corrected chi connectivity index (χ2v) is 5.39. The molecule has 0 amide bonds. The van der Waals surface area contributed by atoms with Crippen LogP contribution in [0.15, 0.2) is 30.6 Å². The van der Waals surface area contributed by atoms with E-state index in [4.69, 9.17) is 10.5 Å². The summed E-state index contributed by atoms with van der Waals surface area (Å²) in [4.78, 5) is 24.9. The number of anilines is 3. The molecule has 2 aromatic rings. The molecule has 1 fully saturated rings. The van der Waals surface area contributed by atoms with Gasteiger partial charge in [-0.05, 0) is 19.1 Å². The van der Waals surface area contributed by atoms with Crippen molar-refractivity contribution >= 4 is 23.6 Å². The Labute approximate surface area is 145 Å². The zero-order valence-electron chi connectivity index (χ0n) is 14.1. The largest absolute Gasteiger partial charge is 0.462 e. The molecular weight excluding hydrogens is 322 g/mol. The van der Waals surface area contributed by atoms with Crippen molar-refractivity contribution in [2.24, 2.45) is 0 Å². The van der Waals surface area contributed by atoms with Gasteiger partial charge in [0.1, 0.15) is 17.2 Å². The number of hydrogen-bond acceptors (Lipinski definition) is 9. The molecule has 0 saturated carbocycles. The number of hydrogen-bond donors (Lipinski definition) is 2. The molecule has 3 N–H and O–H groups in total. The molecule has 0 atom stereocenters. The van der Waals surface area contributed by atoms with Gasteiger partial charge in [0.15, 0.2) is 0 Å². The Morgan fingerprint density at radius 2 is 2.16 bits per heavy atom. The smallest absolute Gasteiger partial charge is 0.343 e. The number of ether oxygens (including phenoxy) is 1. The summed E-state index contributed by atoms with van der Waals surface area (Å²) in [6.45, 7) is 5.25. The van der Waals surface area contributed by atoms with Crippen LogP contribution >= 0.6 is 0 Å². The maximum Gasteiger partial charge on any atom is 0.343 e. The predicted molar refractivity (Wildman–Crippen MR) is 93.2 cm³/mol. The van der Waals surface area contributed by atoms with E-state index in [-0.39, 0.29) is 18.0 Å². The lowest BCUT2D eigenvalue weighted by molar-refractivity contribution is 0.0526. The van der Waals surface area contributed by atoms with E-state index >= 15 is 0 Å². The standard InChI is InChI=1S/C16H21N7O2/c1-2-25-15(24)12-11-20-16(21-14(12)17)23(13-5-3-4-6-19-13)22-9-7-18-8-10-22/h3-6,11,18H,2,7-10H2,1H3,(H2,17,20,21).